The zero-order chi connectivity index (χ0) is 77.1. The van der Waals surface area contributed by atoms with Gasteiger partial charge in [-0.1, -0.05) is 516 Å². The Bertz CT molecular complexity index is 1390. The van der Waals surface area contributed by atoms with Gasteiger partial charge >= 0.3 is 37.7 Å². The summed E-state index contributed by atoms with van der Waals surface area (Å²) >= 11 is 0. The molecule has 0 aliphatic carbocycles. The van der Waals surface area contributed by atoms with Gasteiger partial charge in [0.15, 0.2) is 0 Å². The summed E-state index contributed by atoms with van der Waals surface area (Å²) in [6, 6.07) is 0.963. The minimum Gasteiger partial charge on any atom is -0.550 e. The fourth-order valence-electron chi connectivity index (χ4n) is 16.8. The second-order valence-corrected chi connectivity index (χ2v) is 35.2. The van der Waals surface area contributed by atoms with E-state index in [1.54, 1.807) is 0 Å². The second-order valence-electron chi connectivity index (χ2n) is 35.2. The molecule has 0 saturated heterocycles. The summed E-state index contributed by atoms with van der Waals surface area (Å²) < 4.78 is 0. The molecule has 0 saturated carbocycles. The maximum atomic E-state index is 11.0. The Hall–Kier alpha value is 0.120. The predicted molar refractivity (Wildman–Crippen MR) is 478 cm³/mol. The number of carbonyl (C=O) groups is 2. The molecular weight excluding hydrogens is 1330 g/mol. The summed E-state index contributed by atoms with van der Waals surface area (Å²) in [7, 11) is 0. The molecule has 0 bridgehead atoms. The monoisotopic (exact) mass is 1530 g/mol. The van der Waals surface area contributed by atoms with Crippen molar-refractivity contribution in [1.29, 1.82) is 0 Å². The minimum atomic E-state index is -0.896. The van der Waals surface area contributed by atoms with Crippen LogP contribution < -0.4 is 10.2 Å². The summed E-state index contributed by atoms with van der Waals surface area (Å²) in [5.41, 5.74) is 0. The van der Waals surface area contributed by atoms with Crippen molar-refractivity contribution in [3.05, 3.63) is 0 Å². The summed E-state index contributed by atoms with van der Waals surface area (Å²) in [5, 5.41) is 21.9. The molecule has 2 unspecified atom stereocenters. The third-order valence-electron chi connectivity index (χ3n) is 24.4. The number of nitrogens with zero attached hydrogens (tertiary/aromatic N) is 2. The maximum absolute atomic E-state index is 11.0. The standard InChI is InChI=1S/2C50H101NO2.Ca/c2*1-4-6-8-10-12-14-16-18-20-22-24-26-28-30-32-34-36-38-40-42-47-51(49(3)45-44-46-50(52)53)48-43-41-39-37-35-33-31-29-27-25-23-21-19-17-15-13-11-9-7-5-2;/h2*49H,4-48H2,1-3H3,(H,52,53);/q;;+2/p-2. The average Bonchev–Trinajstić information content (AvgIpc) is 0.977. The van der Waals surface area contributed by atoms with E-state index in [1.807, 2.05) is 0 Å². The maximum Gasteiger partial charge on any atom is 2.00 e. The number of hydrogen-bond acceptors (Lipinski definition) is 6. The van der Waals surface area contributed by atoms with Gasteiger partial charge in [0.05, 0.1) is 0 Å². The van der Waals surface area contributed by atoms with Gasteiger partial charge in [-0.3, -0.25) is 0 Å². The molecule has 0 aliphatic heterocycles. The topological polar surface area (TPSA) is 86.7 Å². The number of carboxylic acid groups (broad SMARTS) is 2. The van der Waals surface area contributed by atoms with Gasteiger partial charge in [0.25, 0.3) is 0 Å². The van der Waals surface area contributed by atoms with E-state index in [1.165, 1.54) is 540 Å². The molecule has 0 N–H and O–H groups in total. The van der Waals surface area contributed by atoms with Crippen LogP contribution in [0.25, 0.3) is 0 Å². The molecule has 636 valence electrons. The zero-order valence-electron chi connectivity index (χ0n) is 75.0. The Morgan fingerprint density at radius 2 is 0.290 bits per heavy atom. The number of rotatable bonds is 94. The van der Waals surface area contributed by atoms with Crippen LogP contribution in [0.2, 0.25) is 0 Å². The van der Waals surface area contributed by atoms with Gasteiger partial charge in [0.1, 0.15) is 0 Å². The van der Waals surface area contributed by atoms with Crippen LogP contribution in [0.5, 0.6) is 0 Å². The van der Waals surface area contributed by atoms with Crippen molar-refractivity contribution >= 4 is 49.7 Å². The first-order valence-corrected chi connectivity index (χ1v) is 50.1. The zero-order valence-corrected chi connectivity index (χ0v) is 77.2. The van der Waals surface area contributed by atoms with E-state index in [4.69, 9.17) is 0 Å². The number of aliphatic carboxylic acids is 2. The van der Waals surface area contributed by atoms with E-state index in [0.29, 0.717) is 12.1 Å². The Morgan fingerprint density at radius 1 is 0.187 bits per heavy atom. The normalized spacial score (nSPS) is 12.2. The van der Waals surface area contributed by atoms with Crippen molar-refractivity contribution in [2.24, 2.45) is 0 Å². The van der Waals surface area contributed by atoms with Crippen molar-refractivity contribution in [3.63, 3.8) is 0 Å². The van der Waals surface area contributed by atoms with Gasteiger partial charge in [-0.15, -0.1) is 0 Å². The Kier molecular flexibility index (Phi) is 104. The van der Waals surface area contributed by atoms with Gasteiger partial charge in [-0.25, -0.2) is 0 Å². The molecule has 0 aromatic heterocycles. The summed E-state index contributed by atoms with van der Waals surface area (Å²) in [4.78, 5) is 27.3. The Morgan fingerprint density at radius 3 is 0.393 bits per heavy atom. The quantitative estimate of drug-likeness (QED) is 0.0445. The number of unbranched alkanes of at least 4 members (excludes halogenated alkanes) is 76. The first kappa shape index (κ1) is 111. The van der Waals surface area contributed by atoms with Crippen molar-refractivity contribution in [2.75, 3.05) is 26.2 Å². The van der Waals surface area contributed by atoms with Gasteiger partial charge in [0.2, 0.25) is 0 Å². The third kappa shape index (κ3) is 98.4. The predicted octanol–water partition coefficient (Wildman–Crippen LogP) is 32.1. The van der Waals surface area contributed by atoms with Crippen molar-refractivity contribution in [3.8, 4) is 0 Å². The van der Waals surface area contributed by atoms with E-state index in [9.17, 15) is 19.8 Å². The molecule has 7 heteroatoms. The SMILES string of the molecule is CCCCCCCCCCCCCCCCCCCCCCN(CCCCCCCCCCCCCCCCCCCCCC)C(C)CCCC(=O)[O-].CCCCCCCCCCCCCCCCCCCCCCN(CCCCCCCCCCCCCCCCCCCCCC)C(C)CCCC(=O)[O-].[Ca+2]. The first-order valence-electron chi connectivity index (χ1n) is 50.1. The number of carboxylic acids is 2. The molecule has 0 aromatic rings. The van der Waals surface area contributed by atoms with E-state index in [2.05, 4.69) is 51.3 Å². The van der Waals surface area contributed by atoms with E-state index < -0.39 is 11.9 Å². The summed E-state index contributed by atoms with van der Waals surface area (Å²) in [5.74, 6) is -1.79. The molecule has 2 atom stereocenters. The summed E-state index contributed by atoms with van der Waals surface area (Å²) in [6.07, 6.45) is 118. The molecule has 0 rings (SSSR count). The van der Waals surface area contributed by atoms with Crippen LogP contribution >= 0.6 is 0 Å². The van der Waals surface area contributed by atoms with Gasteiger partial charge in [-0.2, -0.15) is 0 Å². The smallest absolute Gasteiger partial charge is 0.550 e. The Labute approximate surface area is 705 Å². The molecule has 107 heavy (non-hydrogen) atoms. The van der Waals surface area contributed by atoms with Crippen LogP contribution in [-0.4, -0.2) is 97.7 Å². The van der Waals surface area contributed by atoms with Crippen LogP contribution in [0.4, 0.5) is 0 Å². The molecular formula is C100H200CaN2O4. The third-order valence-corrected chi connectivity index (χ3v) is 24.4. The molecule has 0 radical (unpaired) electrons. The van der Waals surface area contributed by atoms with Gasteiger partial charge in [-0.05, 0) is 104 Å². The molecule has 0 fully saturated rings. The Balaban J connectivity index is -0.00000200. The molecule has 0 heterocycles. The van der Waals surface area contributed by atoms with E-state index >= 15 is 0 Å². The fraction of sp³-hybridized carbons (Fsp3) is 0.980. The average molecular weight is 1530 g/mol. The van der Waals surface area contributed by atoms with Gasteiger partial charge < -0.3 is 29.6 Å². The van der Waals surface area contributed by atoms with Crippen LogP contribution in [0, 0.1) is 0 Å². The van der Waals surface area contributed by atoms with Crippen LogP contribution in [0.3, 0.4) is 0 Å². The summed E-state index contributed by atoms with van der Waals surface area (Å²) in [6.45, 7) is 18.6. The fourth-order valence-corrected chi connectivity index (χ4v) is 16.8. The van der Waals surface area contributed by atoms with E-state index in [-0.39, 0.29) is 50.6 Å². The van der Waals surface area contributed by atoms with E-state index in [0.717, 1.165) is 25.7 Å². The molecule has 0 aliphatic rings. The van der Waals surface area contributed by atoms with Gasteiger partial charge in [0, 0.05) is 24.0 Å². The molecule has 6 nitrogen and oxygen atoms in total. The van der Waals surface area contributed by atoms with Crippen molar-refractivity contribution in [1.82, 2.24) is 9.80 Å². The minimum absolute atomic E-state index is 0. The van der Waals surface area contributed by atoms with Crippen molar-refractivity contribution in [2.45, 2.75) is 606 Å². The molecule has 0 aromatic carbocycles. The number of carbonyl (C=O) groups excluding carboxylic acids is 2. The van der Waals surface area contributed by atoms with Crippen LogP contribution in [0.15, 0.2) is 0 Å². The number of hydrogen-bond donors (Lipinski definition) is 0. The molecule has 0 amide bonds. The van der Waals surface area contributed by atoms with Crippen molar-refractivity contribution < 1.29 is 19.8 Å². The van der Waals surface area contributed by atoms with Crippen LogP contribution in [-0.2, 0) is 9.59 Å². The first-order chi connectivity index (χ1) is 52.2. The second kappa shape index (κ2) is 100. The molecule has 0 spiro atoms. The van der Waals surface area contributed by atoms with Crippen LogP contribution in [0.1, 0.15) is 594 Å². The largest absolute Gasteiger partial charge is 2.00 e.